The maximum Gasteiger partial charge on any atom is 0.335 e. The van der Waals surface area contributed by atoms with Gasteiger partial charge in [-0.05, 0) is 31.5 Å². The van der Waals surface area contributed by atoms with Gasteiger partial charge in [0.25, 0.3) is 0 Å². The molecule has 1 aliphatic rings. The van der Waals surface area contributed by atoms with Gasteiger partial charge in [0.2, 0.25) is 0 Å². The van der Waals surface area contributed by atoms with E-state index in [-0.39, 0.29) is 17.6 Å². The van der Waals surface area contributed by atoms with E-state index in [4.69, 9.17) is 5.11 Å². The van der Waals surface area contributed by atoms with E-state index < -0.39 is 5.97 Å². The van der Waals surface area contributed by atoms with Gasteiger partial charge in [0, 0.05) is 18.3 Å². The Balaban J connectivity index is 2.35. The van der Waals surface area contributed by atoms with Crippen LogP contribution in [0.15, 0.2) is 24.3 Å². The number of urea groups is 1. The molecule has 90 valence electrons. The number of carbonyl (C=O) groups excluding carboxylic acids is 1. The first-order valence-corrected chi connectivity index (χ1v) is 5.50. The first-order valence-electron chi connectivity index (χ1n) is 5.50. The third-order valence-corrected chi connectivity index (χ3v) is 2.87. The van der Waals surface area contributed by atoms with Gasteiger partial charge < -0.3 is 10.4 Å². The fourth-order valence-corrected chi connectivity index (χ4v) is 1.96. The molecule has 1 aromatic rings. The van der Waals surface area contributed by atoms with Gasteiger partial charge >= 0.3 is 12.0 Å². The van der Waals surface area contributed by atoms with Crippen LogP contribution in [0, 0.1) is 0 Å². The van der Waals surface area contributed by atoms with E-state index in [0.717, 1.165) is 6.42 Å². The standard InChI is InChI=1S/C12H14N2O3/c1-8-5-6-13-12(17)14(8)10-4-2-3-9(7-10)11(15)16/h2-4,7-8H,5-6H2,1H3,(H,13,17)(H,15,16). The number of nitrogens with zero attached hydrogens (tertiary/aromatic N) is 1. The molecule has 2 N–H and O–H groups in total. The first-order chi connectivity index (χ1) is 8.09. The molecule has 1 aliphatic heterocycles. The zero-order chi connectivity index (χ0) is 12.4. The average molecular weight is 234 g/mol. The lowest BCUT2D eigenvalue weighted by Crippen LogP contribution is -2.51. The van der Waals surface area contributed by atoms with Crippen LogP contribution in [0.1, 0.15) is 23.7 Å². The van der Waals surface area contributed by atoms with E-state index in [9.17, 15) is 9.59 Å². The Bertz CT molecular complexity index is 459. The number of rotatable bonds is 2. The van der Waals surface area contributed by atoms with Crippen LogP contribution in [-0.4, -0.2) is 29.7 Å². The number of aromatic carboxylic acids is 1. The Morgan fingerprint density at radius 2 is 2.29 bits per heavy atom. The van der Waals surface area contributed by atoms with Crippen molar-refractivity contribution in [3.63, 3.8) is 0 Å². The Hall–Kier alpha value is -2.04. The van der Waals surface area contributed by atoms with E-state index >= 15 is 0 Å². The number of benzene rings is 1. The zero-order valence-electron chi connectivity index (χ0n) is 9.51. The lowest BCUT2D eigenvalue weighted by molar-refractivity contribution is 0.0697. The summed E-state index contributed by atoms with van der Waals surface area (Å²) in [5, 5.41) is 11.7. The molecule has 0 spiro atoms. The van der Waals surface area contributed by atoms with Gasteiger partial charge in [-0.2, -0.15) is 0 Å². The lowest BCUT2D eigenvalue weighted by atomic mass is 10.1. The van der Waals surface area contributed by atoms with Crippen molar-refractivity contribution in [1.82, 2.24) is 5.32 Å². The van der Waals surface area contributed by atoms with E-state index in [1.165, 1.54) is 12.1 Å². The third-order valence-electron chi connectivity index (χ3n) is 2.87. The smallest absolute Gasteiger partial charge is 0.335 e. The monoisotopic (exact) mass is 234 g/mol. The fraction of sp³-hybridized carbons (Fsp3) is 0.333. The largest absolute Gasteiger partial charge is 0.478 e. The third kappa shape index (κ3) is 2.22. The highest BCUT2D eigenvalue weighted by atomic mass is 16.4. The number of hydrogen-bond donors (Lipinski definition) is 2. The number of hydrogen-bond acceptors (Lipinski definition) is 2. The molecule has 2 rings (SSSR count). The lowest BCUT2D eigenvalue weighted by Gasteiger charge is -2.33. The summed E-state index contributed by atoms with van der Waals surface area (Å²) in [5.41, 5.74) is 0.808. The average Bonchev–Trinajstić information content (AvgIpc) is 2.29. The zero-order valence-corrected chi connectivity index (χ0v) is 9.51. The molecule has 2 amide bonds. The summed E-state index contributed by atoms with van der Waals surface area (Å²) in [6, 6.07) is 6.32. The van der Waals surface area contributed by atoms with Crippen molar-refractivity contribution < 1.29 is 14.7 Å². The molecule has 5 heteroatoms. The van der Waals surface area contributed by atoms with E-state index in [0.29, 0.717) is 12.2 Å². The molecule has 1 heterocycles. The van der Waals surface area contributed by atoms with Crippen LogP contribution in [0.3, 0.4) is 0 Å². The highest BCUT2D eigenvalue weighted by molar-refractivity contribution is 5.95. The Morgan fingerprint density at radius 1 is 1.53 bits per heavy atom. The van der Waals surface area contributed by atoms with Crippen LogP contribution >= 0.6 is 0 Å². The SMILES string of the molecule is CC1CCNC(=O)N1c1cccc(C(=O)O)c1. The van der Waals surface area contributed by atoms with Crippen molar-refractivity contribution >= 4 is 17.7 Å². The summed E-state index contributed by atoms with van der Waals surface area (Å²) in [5.74, 6) is -0.989. The number of amides is 2. The summed E-state index contributed by atoms with van der Waals surface area (Å²) in [4.78, 5) is 24.2. The second kappa shape index (κ2) is 4.45. The topological polar surface area (TPSA) is 69.6 Å². The maximum absolute atomic E-state index is 11.8. The summed E-state index contributed by atoms with van der Waals surface area (Å²) in [6.45, 7) is 2.61. The van der Waals surface area contributed by atoms with Crippen LogP contribution in [0.5, 0.6) is 0 Å². The second-order valence-electron chi connectivity index (χ2n) is 4.10. The molecule has 0 aliphatic carbocycles. The minimum Gasteiger partial charge on any atom is -0.478 e. The quantitative estimate of drug-likeness (QED) is 0.818. The Morgan fingerprint density at radius 3 is 2.94 bits per heavy atom. The normalized spacial score (nSPS) is 19.9. The first kappa shape index (κ1) is 11.4. The van der Waals surface area contributed by atoms with Gasteiger partial charge in [-0.25, -0.2) is 9.59 Å². The molecular formula is C12H14N2O3. The highest BCUT2D eigenvalue weighted by Gasteiger charge is 2.26. The maximum atomic E-state index is 11.8. The molecule has 5 nitrogen and oxygen atoms in total. The summed E-state index contributed by atoms with van der Waals surface area (Å²) >= 11 is 0. The molecule has 1 aromatic carbocycles. The van der Waals surface area contributed by atoms with Gasteiger partial charge in [-0.1, -0.05) is 6.07 Å². The Kier molecular flexibility index (Phi) is 2.99. The van der Waals surface area contributed by atoms with Crippen molar-refractivity contribution in [3.8, 4) is 0 Å². The van der Waals surface area contributed by atoms with Crippen LogP contribution in [0.25, 0.3) is 0 Å². The van der Waals surface area contributed by atoms with Crippen LogP contribution in [0.4, 0.5) is 10.5 Å². The van der Waals surface area contributed by atoms with E-state index in [1.807, 2.05) is 6.92 Å². The predicted octanol–water partition coefficient (Wildman–Crippen LogP) is 1.69. The molecule has 0 radical (unpaired) electrons. The van der Waals surface area contributed by atoms with E-state index in [1.54, 1.807) is 17.0 Å². The number of carboxylic acid groups (broad SMARTS) is 1. The molecule has 0 saturated carbocycles. The second-order valence-corrected chi connectivity index (χ2v) is 4.10. The molecule has 1 saturated heterocycles. The van der Waals surface area contributed by atoms with E-state index in [2.05, 4.69) is 5.32 Å². The molecule has 1 fully saturated rings. The number of nitrogens with one attached hydrogen (secondary N) is 1. The van der Waals surface area contributed by atoms with Gasteiger partial charge in [-0.15, -0.1) is 0 Å². The summed E-state index contributed by atoms with van der Waals surface area (Å²) in [6.07, 6.45) is 0.850. The minimum absolute atomic E-state index is 0.0767. The van der Waals surface area contributed by atoms with Crippen molar-refractivity contribution in [2.24, 2.45) is 0 Å². The molecule has 1 unspecified atom stereocenters. The Labute approximate surface area is 99.0 Å². The fourth-order valence-electron chi connectivity index (χ4n) is 1.96. The summed E-state index contributed by atoms with van der Waals surface area (Å²) < 4.78 is 0. The molecular weight excluding hydrogens is 220 g/mol. The summed E-state index contributed by atoms with van der Waals surface area (Å²) in [7, 11) is 0. The van der Waals surface area contributed by atoms with Gasteiger partial charge in [0.15, 0.2) is 0 Å². The molecule has 17 heavy (non-hydrogen) atoms. The van der Waals surface area contributed by atoms with Crippen molar-refractivity contribution in [1.29, 1.82) is 0 Å². The van der Waals surface area contributed by atoms with Gasteiger partial charge in [0.1, 0.15) is 0 Å². The number of anilines is 1. The predicted molar refractivity (Wildman–Crippen MR) is 63.4 cm³/mol. The molecule has 0 bridgehead atoms. The van der Waals surface area contributed by atoms with Gasteiger partial charge in [0.05, 0.1) is 5.56 Å². The van der Waals surface area contributed by atoms with Crippen molar-refractivity contribution in [3.05, 3.63) is 29.8 Å². The molecule has 0 aromatic heterocycles. The number of carboxylic acids is 1. The van der Waals surface area contributed by atoms with Crippen LogP contribution in [0.2, 0.25) is 0 Å². The minimum atomic E-state index is -0.989. The highest BCUT2D eigenvalue weighted by Crippen LogP contribution is 2.22. The van der Waals surface area contributed by atoms with Crippen molar-refractivity contribution in [2.45, 2.75) is 19.4 Å². The van der Waals surface area contributed by atoms with Crippen molar-refractivity contribution in [2.75, 3.05) is 11.4 Å². The van der Waals surface area contributed by atoms with Crippen LogP contribution < -0.4 is 10.2 Å². The van der Waals surface area contributed by atoms with Gasteiger partial charge in [-0.3, -0.25) is 4.90 Å². The number of carbonyl (C=O) groups is 2. The molecule has 1 atom stereocenters. The van der Waals surface area contributed by atoms with Crippen LogP contribution in [-0.2, 0) is 0 Å².